The second-order valence-corrected chi connectivity index (χ2v) is 4.01. The quantitative estimate of drug-likeness (QED) is 0.582. The van der Waals surface area contributed by atoms with Crippen molar-refractivity contribution >= 4 is 5.97 Å². The molecule has 0 bridgehead atoms. The van der Waals surface area contributed by atoms with Crippen LogP contribution in [0.4, 0.5) is 4.39 Å². The first kappa shape index (κ1) is 14.6. The highest BCUT2D eigenvalue weighted by Crippen LogP contribution is 2.21. The van der Waals surface area contributed by atoms with Crippen molar-refractivity contribution in [3.05, 3.63) is 35.1 Å². The van der Waals surface area contributed by atoms with Crippen LogP contribution in [-0.4, -0.2) is 33.9 Å². The molecule has 1 aromatic carbocycles. The van der Waals surface area contributed by atoms with E-state index in [1.807, 2.05) is 0 Å². The van der Waals surface area contributed by atoms with E-state index >= 15 is 0 Å². The smallest absolute Gasteiger partial charge is 0.307 e. The molecule has 0 aliphatic rings. The van der Waals surface area contributed by atoms with E-state index in [9.17, 15) is 19.4 Å². The standard InChI is InChI=1S/C12H16FNO4/c13-9-5-8(12(18)10(15)3-4-14)2-1-7(9)6-11(16)17/h1-2,5,10,12,15,18H,3-4,6,14H2,(H,16,17). The number of nitrogens with two attached hydrogens (primary N) is 1. The fraction of sp³-hybridized carbons (Fsp3) is 0.417. The molecule has 5 nitrogen and oxygen atoms in total. The first-order chi connectivity index (χ1) is 8.45. The van der Waals surface area contributed by atoms with Crippen molar-refractivity contribution in [2.24, 2.45) is 5.73 Å². The van der Waals surface area contributed by atoms with E-state index in [1.165, 1.54) is 12.1 Å². The van der Waals surface area contributed by atoms with Crippen LogP contribution in [-0.2, 0) is 11.2 Å². The summed E-state index contributed by atoms with van der Waals surface area (Å²) in [5.41, 5.74) is 5.47. The zero-order valence-electron chi connectivity index (χ0n) is 9.71. The van der Waals surface area contributed by atoms with Crippen LogP contribution in [0, 0.1) is 5.82 Å². The van der Waals surface area contributed by atoms with Gasteiger partial charge in [-0.15, -0.1) is 0 Å². The number of aliphatic hydroxyl groups excluding tert-OH is 2. The van der Waals surface area contributed by atoms with E-state index < -0.39 is 30.4 Å². The fourth-order valence-electron chi connectivity index (χ4n) is 1.60. The molecule has 0 aliphatic heterocycles. The molecule has 0 saturated heterocycles. The van der Waals surface area contributed by atoms with E-state index in [0.717, 1.165) is 6.07 Å². The molecule has 5 N–H and O–H groups in total. The maximum Gasteiger partial charge on any atom is 0.307 e. The Morgan fingerprint density at radius 2 is 2.06 bits per heavy atom. The zero-order valence-corrected chi connectivity index (χ0v) is 9.71. The summed E-state index contributed by atoms with van der Waals surface area (Å²) in [5, 5.41) is 27.8. The van der Waals surface area contributed by atoms with Gasteiger partial charge >= 0.3 is 5.97 Å². The van der Waals surface area contributed by atoms with Crippen LogP contribution in [0.2, 0.25) is 0 Å². The maximum atomic E-state index is 13.5. The molecule has 0 spiro atoms. The Morgan fingerprint density at radius 1 is 1.39 bits per heavy atom. The van der Waals surface area contributed by atoms with Gasteiger partial charge in [0.1, 0.15) is 11.9 Å². The minimum Gasteiger partial charge on any atom is -0.481 e. The van der Waals surface area contributed by atoms with Crippen LogP contribution in [0.15, 0.2) is 18.2 Å². The van der Waals surface area contributed by atoms with Crippen molar-refractivity contribution in [2.75, 3.05) is 6.54 Å². The number of rotatable bonds is 6. The summed E-state index contributed by atoms with van der Waals surface area (Å²) in [4.78, 5) is 10.5. The first-order valence-corrected chi connectivity index (χ1v) is 5.52. The van der Waals surface area contributed by atoms with Gasteiger partial charge in [-0.3, -0.25) is 4.79 Å². The second kappa shape index (κ2) is 6.44. The Balaban J connectivity index is 2.86. The van der Waals surface area contributed by atoms with Crippen LogP contribution < -0.4 is 5.73 Å². The van der Waals surface area contributed by atoms with Crippen LogP contribution in [0.25, 0.3) is 0 Å². The van der Waals surface area contributed by atoms with Gasteiger partial charge in [0.15, 0.2) is 0 Å². The Labute approximate surface area is 104 Å². The van der Waals surface area contributed by atoms with E-state index in [4.69, 9.17) is 10.8 Å². The molecule has 1 aromatic rings. The minimum atomic E-state index is -1.23. The molecule has 0 aromatic heterocycles. The summed E-state index contributed by atoms with van der Waals surface area (Å²) in [5.74, 6) is -1.85. The minimum absolute atomic E-state index is 0.0340. The molecule has 18 heavy (non-hydrogen) atoms. The molecular weight excluding hydrogens is 241 g/mol. The van der Waals surface area contributed by atoms with Gasteiger partial charge in [0.2, 0.25) is 0 Å². The van der Waals surface area contributed by atoms with Crippen LogP contribution >= 0.6 is 0 Å². The third kappa shape index (κ3) is 3.76. The van der Waals surface area contributed by atoms with Crippen LogP contribution in [0.3, 0.4) is 0 Å². The van der Waals surface area contributed by atoms with Gasteiger partial charge in [0.25, 0.3) is 0 Å². The monoisotopic (exact) mass is 257 g/mol. The molecule has 100 valence electrons. The molecular formula is C12H16FNO4. The van der Waals surface area contributed by atoms with E-state index in [2.05, 4.69) is 0 Å². The van der Waals surface area contributed by atoms with E-state index in [1.54, 1.807) is 0 Å². The van der Waals surface area contributed by atoms with Crippen molar-refractivity contribution in [2.45, 2.75) is 25.0 Å². The predicted molar refractivity (Wildman–Crippen MR) is 62.4 cm³/mol. The summed E-state index contributed by atoms with van der Waals surface area (Å²) in [6.07, 6.45) is -2.53. The maximum absolute atomic E-state index is 13.5. The number of hydrogen-bond acceptors (Lipinski definition) is 4. The Bertz CT molecular complexity index is 425. The number of halogens is 1. The molecule has 0 fully saturated rings. The predicted octanol–water partition coefficient (Wildman–Crippen LogP) is 0.196. The summed E-state index contributed by atoms with van der Waals surface area (Å²) < 4.78 is 13.5. The molecule has 0 heterocycles. The highest BCUT2D eigenvalue weighted by molar-refractivity contribution is 5.70. The topological polar surface area (TPSA) is 104 Å². The summed E-state index contributed by atoms with van der Waals surface area (Å²) in [7, 11) is 0. The van der Waals surface area contributed by atoms with E-state index in [-0.39, 0.29) is 24.1 Å². The third-order valence-electron chi connectivity index (χ3n) is 2.59. The van der Waals surface area contributed by atoms with Crippen LogP contribution in [0.5, 0.6) is 0 Å². The third-order valence-corrected chi connectivity index (χ3v) is 2.59. The number of carboxylic acid groups (broad SMARTS) is 1. The number of aliphatic hydroxyl groups is 2. The molecule has 2 unspecified atom stereocenters. The lowest BCUT2D eigenvalue weighted by atomic mass is 9.99. The molecule has 0 aliphatic carbocycles. The summed E-state index contributed by atoms with van der Waals surface area (Å²) in [6.45, 7) is 0.206. The zero-order chi connectivity index (χ0) is 13.7. The Hall–Kier alpha value is -1.50. The summed E-state index contributed by atoms with van der Waals surface area (Å²) in [6, 6.07) is 3.71. The average Bonchev–Trinajstić information content (AvgIpc) is 2.30. The van der Waals surface area contributed by atoms with Crippen molar-refractivity contribution in [1.29, 1.82) is 0 Å². The van der Waals surface area contributed by atoms with Gasteiger partial charge in [-0.1, -0.05) is 12.1 Å². The van der Waals surface area contributed by atoms with Crippen molar-refractivity contribution in [3.63, 3.8) is 0 Å². The Kier molecular flexibility index (Phi) is 5.21. The number of benzene rings is 1. The molecule has 2 atom stereocenters. The van der Waals surface area contributed by atoms with Crippen molar-refractivity contribution in [1.82, 2.24) is 0 Å². The van der Waals surface area contributed by atoms with Gasteiger partial charge in [-0.25, -0.2) is 4.39 Å². The first-order valence-electron chi connectivity index (χ1n) is 5.52. The van der Waals surface area contributed by atoms with Gasteiger partial charge in [-0.05, 0) is 30.2 Å². The molecule has 0 radical (unpaired) electrons. The SMILES string of the molecule is NCCC(O)C(O)c1ccc(CC(=O)O)c(F)c1. The lowest BCUT2D eigenvalue weighted by Crippen LogP contribution is -2.22. The van der Waals surface area contributed by atoms with Gasteiger partial charge in [-0.2, -0.15) is 0 Å². The lowest BCUT2D eigenvalue weighted by Gasteiger charge is -2.17. The molecule has 1 rings (SSSR count). The largest absolute Gasteiger partial charge is 0.481 e. The van der Waals surface area contributed by atoms with Crippen molar-refractivity contribution < 1.29 is 24.5 Å². The second-order valence-electron chi connectivity index (χ2n) is 4.01. The number of aliphatic carboxylic acids is 1. The Morgan fingerprint density at radius 3 is 2.56 bits per heavy atom. The highest BCUT2D eigenvalue weighted by Gasteiger charge is 2.19. The van der Waals surface area contributed by atoms with Crippen LogP contribution in [0.1, 0.15) is 23.7 Å². The van der Waals surface area contributed by atoms with Gasteiger partial charge < -0.3 is 21.1 Å². The molecule has 6 heteroatoms. The lowest BCUT2D eigenvalue weighted by molar-refractivity contribution is -0.136. The highest BCUT2D eigenvalue weighted by atomic mass is 19.1. The van der Waals surface area contributed by atoms with Gasteiger partial charge in [0.05, 0.1) is 12.5 Å². The normalized spacial score (nSPS) is 14.2. The van der Waals surface area contributed by atoms with Gasteiger partial charge in [0, 0.05) is 0 Å². The molecule has 0 saturated carbocycles. The average molecular weight is 257 g/mol. The number of carbonyl (C=O) groups is 1. The molecule has 0 amide bonds. The number of hydrogen-bond donors (Lipinski definition) is 4. The number of carboxylic acids is 1. The summed E-state index contributed by atoms with van der Waals surface area (Å²) >= 11 is 0. The fourth-order valence-corrected chi connectivity index (χ4v) is 1.60. The van der Waals surface area contributed by atoms with Crippen molar-refractivity contribution in [3.8, 4) is 0 Å². The van der Waals surface area contributed by atoms with E-state index in [0.29, 0.717) is 0 Å².